The van der Waals surface area contributed by atoms with Crippen molar-refractivity contribution in [2.75, 3.05) is 5.32 Å². The van der Waals surface area contributed by atoms with Gasteiger partial charge in [-0.25, -0.2) is 0 Å². The summed E-state index contributed by atoms with van der Waals surface area (Å²) in [5, 5.41) is 13.7. The maximum Gasteiger partial charge on any atom is 0.125 e. The number of anilines is 1. The number of para-hydroxylation sites is 1. The summed E-state index contributed by atoms with van der Waals surface area (Å²) >= 11 is 6.19. The second kappa shape index (κ2) is 6.82. The Morgan fingerprint density at radius 3 is 2.11 bits per heavy atom. The number of rotatable bonds is 6. The summed E-state index contributed by atoms with van der Waals surface area (Å²) in [6.07, 6.45) is 1.62. The van der Waals surface area contributed by atoms with E-state index >= 15 is 0 Å². The van der Waals surface area contributed by atoms with Crippen LogP contribution in [0.15, 0.2) is 24.3 Å². The predicted molar refractivity (Wildman–Crippen MR) is 82.3 cm³/mol. The van der Waals surface area contributed by atoms with Gasteiger partial charge in [-0.15, -0.1) is 0 Å². The van der Waals surface area contributed by atoms with Crippen molar-refractivity contribution in [1.29, 1.82) is 5.26 Å². The lowest BCUT2D eigenvalue weighted by atomic mass is 9.82. The molecular formula is C16H23ClN2. The van der Waals surface area contributed by atoms with E-state index < -0.39 is 5.54 Å². The molecule has 1 rings (SSSR count). The van der Waals surface area contributed by atoms with Gasteiger partial charge < -0.3 is 5.32 Å². The first-order valence-corrected chi connectivity index (χ1v) is 7.20. The molecule has 0 saturated carbocycles. The molecule has 2 nitrogen and oxygen atoms in total. The first-order chi connectivity index (χ1) is 8.88. The quantitative estimate of drug-likeness (QED) is 0.785. The Hall–Kier alpha value is -1.20. The predicted octanol–water partition coefficient (Wildman–Crippen LogP) is 5.11. The van der Waals surface area contributed by atoms with Crippen LogP contribution >= 0.6 is 11.6 Å². The molecule has 0 amide bonds. The lowest BCUT2D eigenvalue weighted by molar-refractivity contribution is 0.376. The molecule has 0 saturated heterocycles. The van der Waals surface area contributed by atoms with Crippen LogP contribution in [-0.4, -0.2) is 5.54 Å². The molecule has 0 fully saturated rings. The van der Waals surface area contributed by atoms with Crippen molar-refractivity contribution in [3.05, 3.63) is 29.3 Å². The van der Waals surface area contributed by atoms with E-state index in [2.05, 4.69) is 39.1 Å². The topological polar surface area (TPSA) is 35.8 Å². The zero-order valence-corrected chi connectivity index (χ0v) is 13.0. The van der Waals surface area contributed by atoms with Gasteiger partial charge in [0.1, 0.15) is 5.54 Å². The van der Waals surface area contributed by atoms with Gasteiger partial charge in [0, 0.05) is 0 Å². The van der Waals surface area contributed by atoms with E-state index in [1.807, 2.05) is 24.3 Å². The van der Waals surface area contributed by atoms with E-state index in [0.29, 0.717) is 16.9 Å². The number of halogens is 1. The second-order valence-corrected chi connectivity index (χ2v) is 6.40. The lowest BCUT2D eigenvalue weighted by Gasteiger charge is -2.32. The third-order valence-electron chi connectivity index (χ3n) is 2.98. The molecule has 0 radical (unpaired) electrons. The molecule has 1 aromatic carbocycles. The zero-order chi connectivity index (χ0) is 14.5. The Bertz CT molecular complexity index is 436. The van der Waals surface area contributed by atoms with Gasteiger partial charge >= 0.3 is 0 Å². The molecule has 3 heteroatoms. The van der Waals surface area contributed by atoms with Gasteiger partial charge in [0.15, 0.2) is 0 Å². The number of nitriles is 1. The Balaban J connectivity index is 3.03. The number of nitrogens with zero attached hydrogens (tertiary/aromatic N) is 1. The Morgan fingerprint density at radius 1 is 1.16 bits per heavy atom. The Kier molecular flexibility index (Phi) is 5.69. The summed E-state index contributed by atoms with van der Waals surface area (Å²) in [5.41, 5.74) is 0.292. The van der Waals surface area contributed by atoms with E-state index in [-0.39, 0.29) is 0 Å². The SMILES string of the molecule is CC(C)CC(C#N)(CC(C)C)Nc1ccccc1Cl. The van der Waals surface area contributed by atoms with Gasteiger partial charge in [-0.05, 0) is 36.8 Å². The van der Waals surface area contributed by atoms with Crippen LogP contribution in [0.1, 0.15) is 40.5 Å². The van der Waals surface area contributed by atoms with Crippen molar-refractivity contribution in [1.82, 2.24) is 0 Å². The van der Waals surface area contributed by atoms with Crippen molar-refractivity contribution in [3.63, 3.8) is 0 Å². The standard InChI is InChI=1S/C16H23ClN2/c1-12(2)9-16(11-18,10-13(3)4)19-15-8-6-5-7-14(15)17/h5-8,12-13,19H,9-10H2,1-4H3. The fourth-order valence-corrected chi connectivity index (χ4v) is 2.70. The van der Waals surface area contributed by atoms with Gasteiger partial charge in [0.2, 0.25) is 0 Å². The minimum absolute atomic E-state index is 0.452. The molecule has 0 aliphatic rings. The monoisotopic (exact) mass is 278 g/mol. The molecule has 0 bridgehead atoms. The van der Waals surface area contributed by atoms with Crippen LogP contribution in [0.5, 0.6) is 0 Å². The largest absolute Gasteiger partial charge is 0.366 e. The zero-order valence-electron chi connectivity index (χ0n) is 12.2. The highest BCUT2D eigenvalue weighted by Crippen LogP contribution is 2.31. The third kappa shape index (κ3) is 4.76. The molecule has 1 N–H and O–H groups in total. The highest BCUT2D eigenvalue weighted by molar-refractivity contribution is 6.33. The maximum absolute atomic E-state index is 9.67. The second-order valence-electron chi connectivity index (χ2n) is 5.99. The fourth-order valence-electron chi connectivity index (χ4n) is 2.52. The average molecular weight is 279 g/mol. The molecular weight excluding hydrogens is 256 g/mol. The van der Waals surface area contributed by atoms with Crippen LogP contribution in [-0.2, 0) is 0 Å². The van der Waals surface area contributed by atoms with Gasteiger partial charge in [0.25, 0.3) is 0 Å². The van der Waals surface area contributed by atoms with Crippen LogP contribution in [0.2, 0.25) is 5.02 Å². The Morgan fingerprint density at radius 2 is 1.68 bits per heavy atom. The van der Waals surface area contributed by atoms with E-state index in [0.717, 1.165) is 18.5 Å². The fraction of sp³-hybridized carbons (Fsp3) is 0.562. The summed E-state index contributed by atoms with van der Waals surface area (Å²) in [5.74, 6) is 0.904. The minimum Gasteiger partial charge on any atom is -0.366 e. The molecule has 1 aromatic rings. The van der Waals surface area contributed by atoms with E-state index in [4.69, 9.17) is 11.6 Å². The van der Waals surface area contributed by atoms with E-state index in [1.165, 1.54) is 0 Å². The van der Waals surface area contributed by atoms with E-state index in [1.54, 1.807) is 0 Å². The highest BCUT2D eigenvalue weighted by atomic mass is 35.5. The first kappa shape index (κ1) is 15.9. The molecule has 0 atom stereocenters. The molecule has 104 valence electrons. The van der Waals surface area contributed by atoms with Crippen LogP contribution in [0, 0.1) is 23.2 Å². The van der Waals surface area contributed by atoms with Crippen molar-refractivity contribution >= 4 is 17.3 Å². The van der Waals surface area contributed by atoms with Crippen molar-refractivity contribution in [2.24, 2.45) is 11.8 Å². The molecule has 0 unspecified atom stereocenters. The maximum atomic E-state index is 9.67. The van der Waals surface area contributed by atoms with Gasteiger partial charge in [-0.3, -0.25) is 0 Å². The smallest absolute Gasteiger partial charge is 0.125 e. The molecule has 0 spiro atoms. The van der Waals surface area contributed by atoms with Gasteiger partial charge in [0.05, 0.1) is 16.8 Å². The highest BCUT2D eigenvalue weighted by Gasteiger charge is 2.32. The summed E-state index contributed by atoms with van der Waals surface area (Å²) in [4.78, 5) is 0. The molecule has 0 aliphatic heterocycles. The Labute approximate surface area is 121 Å². The van der Waals surface area contributed by atoms with Crippen molar-refractivity contribution in [2.45, 2.75) is 46.1 Å². The number of hydrogen-bond acceptors (Lipinski definition) is 2. The summed E-state index contributed by atoms with van der Waals surface area (Å²) in [6.45, 7) is 8.56. The number of benzene rings is 1. The van der Waals surface area contributed by atoms with E-state index in [9.17, 15) is 5.26 Å². The number of hydrogen-bond donors (Lipinski definition) is 1. The van der Waals surface area contributed by atoms with Crippen LogP contribution in [0.4, 0.5) is 5.69 Å². The number of nitrogens with one attached hydrogen (secondary N) is 1. The van der Waals surface area contributed by atoms with Gasteiger partial charge in [-0.2, -0.15) is 5.26 Å². The van der Waals surface area contributed by atoms with Crippen LogP contribution < -0.4 is 5.32 Å². The van der Waals surface area contributed by atoms with Crippen LogP contribution in [0.25, 0.3) is 0 Å². The summed E-state index contributed by atoms with van der Waals surface area (Å²) in [6, 6.07) is 10.1. The minimum atomic E-state index is -0.548. The lowest BCUT2D eigenvalue weighted by Crippen LogP contribution is -2.39. The molecule has 0 heterocycles. The van der Waals surface area contributed by atoms with Crippen molar-refractivity contribution in [3.8, 4) is 6.07 Å². The summed E-state index contributed by atoms with van der Waals surface area (Å²) < 4.78 is 0. The molecule has 19 heavy (non-hydrogen) atoms. The average Bonchev–Trinajstić information content (AvgIpc) is 2.30. The van der Waals surface area contributed by atoms with Gasteiger partial charge in [-0.1, -0.05) is 51.4 Å². The first-order valence-electron chi connectivity index (χ1n) is 6.82. The molecule has 0 aromatic heterocycles. The molecule has 0 aliphatic carbocycles. The summed E-state index contributed by atoms with van der Waals surface area (Å²) in [7, 11) is 0. The van der Waals surface area contributed by atoms with Crippen LogP contribution in [0.3, 0.4) is 0 Å². The van der Waals surface area contributed by atoms with Crippen molar-refractivity contribution < 1.29 is 0 Å². The third-order valence-corrected chi connectivity index (χ3v) is 3.30. The normalized spacial score (nSPS) is 11.7.